The van der Waals surface area contributed by atoms with Gasteiger partial charge < -0.3 is 9.15 Å². The third-order valence-corrected chi connectivity index (χ3v) is 4.34. The number of furan rings is 1. The van der Waals surface area contributed by atoms with Crippen molar-refractivity contribution in [3.05, 3.63) is 22.6 Å². The third kappa shape index (κ3) is 1.62. The molecule has 4 atom stereocenters. The lowest BCUT2D eigenvalue weighted by molar-refractivity contribution is 0.0836. The maximum absolute atomic E-state index is 5.85. The smallest absolute Gasteiger partial charge is 0.136 e. The number of hydrogen-bond donors (Lipinski definition) is 2. The minimum absolute atomic E-state index is 0.0414. The summed E-state index contributed by atoms with van der Waals surface area (Å²) in [4.78, 5) is 0. The van der Waals surface area contributed by atoms with Gasteiger partial charge in [-0.15, -0.1) is 0 Å². The van der Waals surface area contributed by atoms with E-state index in [0.717, 1.165) is 23.1 Å². The molecule has 4 unspecified atom stereocenters. The van der Waals surface area contributed by atoms with Crippen molar-refractivity contribution in [2.75, 3.05) is 0 Å². The van der Waals surface area contributed by atoms with Crippen molar-refractivity contribution in [3.8, 4) is 0 Å². The maximum atomic E-state index is 5.85. The van der Waals surface area contributed by atoms with E-state index in [4.69, 9.17) is 15.0 Å². The molecule has 1 aromatic rings. The monoisotopic (exact) mass is 286 g/mol. The molecule has 16 heavy (non-hydrogen) atoms. The molecule has 0 spiro atoms. The molecule has 3 rings (SSSR count). The van der Waals surface area contributed by atoms with Crippen LogP contribution in [0, 0.1) is 5.92 Å². The number of hydrogen-bond acceptors (Lipinski definition) is 4. The summed E-state index contributed by atoms with van der Waals surface area (Å²) < 4.78 is 12.3. The largest absolute Gasteiger partial charge is 0.466 e. The first-order valence-electron chi connectivity index (χ1n) is 5.64. The van der Waals surface area contributed by atoms with Gasteiger partial charge in [0.2, 0.25) is 0 Å². The number of halogens is 1. The number of nitrogens with two attached hydrogens (primary N) is 1. The fraction of sp³-hybridized carbons (Fsp3) is 0.636. The van der Waals surface area contributed by atoms with Gasteiger partial charge in [-0.1, -0.05) is 0 Å². The van der Waals surface area contributed by atoms with Crippen molar-refractivity contribution in [1.82, 2.24) is 5.43 Å². The highest BCUT2D eigenvalue weighted by Crippen LogP contribution is 2.45. The Labute approximate surface area is 103 Å². The van der Waals surface area contributed by atoms with Crippen LogP contribution in [0.15, 0.2) is 21.2 Å². The molecule has 4 nitrogen and oxygen atoms in total. The number of ether oxygens (including phenoxy) is 1. The van der Waals surface area contributed by atoms with Crippen molar-refractivity contribution in [3.63, 3.8) is 0 Å². The Bertz CT molecular complexity index is 382. The SMILES string of the molecule is NNC(c1occc1Br)C1CC2CCC1O2. The fourth-order valence-corrected chi connectivity index (χ4v) is 3.40. The quantitative estimate of drug-likeness (QED) is 0.660. The van der Waals surface area contributed by atoms with Crippen molar-refractivity contribution < 1.29 is 9.15 Å². The molecule has 5 heteroatoms. The molecule has 2 aliphatic rings. The van der Waals surface area contributed by atoms with Crippen LogP contribution >= 0.6 is 15.9 Å². The van der Waals surface area contributed by atoms with Crippen LogP contribution in [0.1, 0.15) is 31.1 Å². The van der Waals surface area contributed by atoms with Gasteiger partial charge in [0.05, 0.1) is 29.0 Å². The predicted molar refractivity (Wildman–Crippen MR) is 62.5 cm³/mol. The minimum atomic E-state index is 0.0414. The van der Waals surface area contributed by atoms with Crippen LogP contribution in [0.3, 0.4) is 0 Å². The summed E-state index contributed by atoms with van der Waals surface area (Å²) in [5.41, 5.74) is 2.87. The highest BCUT2D eigenvalue weighted by molar-refractivity contribution is 9.10. The average molecular weight is 287 g/mol. The Morgan fingerprint density at radius 1 is 1.50 bits per heavy atom. The van der Waals surface area contributed by atoms with Gasteiger partial charge in [-0.05, 0) is 41.3 Å². The number of rotatable bonds is 3. The predicted octanol–water partition coefficient (Wildman–Crippen LogP) is 2.11. The maximum Gasteiger partial charge on any atom is 0.136 e. The molecule has 3 N–H and O–H groups in total. The molecule has 2 saturated heterocycles. The topological polar surface area (TPSA) is 60.4 Å². The number of fused-ring (bicyclic) bond motifs is 2. The molecule has 0 aromatic carbocycles. The lowest BCUT2D eigenvalue weighted by atomic mass is 9.83. The van der Waals surface area contributed by atoms with Gasteiger partial charge in [0.25, 0.3) is 0 Å². The molecule has 1 aromatic heterocycles. The number of nitrogens with one attached hydrogen (secondary N) is 1. The van der Waals surface area contributed by atoms with E-state index in [9.17, 15) is 0 Å². The van der Waals surface area contributed by atoms with Crippen LogP contribution < -0.4 is 11.3 Å². The summed E-state index contributed by atoms with van der Waals surface area (Å²) in [5.74, 6) is 6.96. The van der Waals surface area contributed by atoms with E-state index in [2.05, 4.69) is 21.4 Å². The molecule has 0 aliphatic carbocycles. The molecule has 88 valence electrons. The van der Waals surface area contributed by atoms with Gasteiger partial charge >= 0.3 is 0 Å². The molecule has 0 amide bonds. The van der Waals surface area contributed by atoms with Crippen molar-refractivity contribution in [2.24, 2.45) is 11.8 Å². The Morgan fingerprint density at radius 2 is 2.38 bits per heavy atom. The molecule has 3 heterocycles. The van der Waals surface area contributed by atoms with Gasteiger partial charge in [0.1, 0.15) is 5.76 Å². The van der Waals surface area contributed by atoms with Gasteiger partial charge in [-0.25, -0.2) is 5.43 Å². The Balaban J connectivity index is 1.84. The number of hydrazine groups is 1. The molecule has 2 fully saturated rings. The normalized spacial score (nSPS) is 34.5. The van der Waals surface area contributed by atoms with E-state index >= 15 is 0 Å². The van der Waals surface area contributed by atoms with Crippen LogP contribution in [0.5, 0.6) is 0 Å². The fourth-order valence-electron chi connectivity index (χ4n) is 2.95. The molecule has 2 bridgehead atoms. The zero-order valence-electron chi connectivity index (χ0n) is 8.86. The second kappa shape index (κ2) is 4.14. The van der Waals surface area contributed by atoms with E-state index < -0.39 is 0 Å². The second-order valence-corrected chi connectivity index (χ2v) is 5.40. The van der Waals surface area contributed by atoms with Crippen molar-refractivity contribution in [2.45, 2.75) is 37.5 Å². The molecule has 0 radical (unpaired) electrons. The van der Waals surface area contributed by atoms with Crippen LogP contribution in [-0.4, -0.2) is 12.2 Å². The van der Waals surface area contributed by atoms with E-state index in [1.165, 1.54) is 6.42 Å². The zero-order valence-corrected chi connectivity index (χ0v) is 10.4. The summed E-state index contributed by atoms with van der Waals surface area (Å²) in [5, 5.41) is 0. The van der Waals surface area contributed by atoms with E-state index in [1.54, 1.807) is 6.26 Å². The van der Waals surface area contributed by atoms with Crippen molar-refractivity contribution >= 4 is 15.9 Å². The Hall–Kier alpha value is -0.360. The van der Waals surface area contributed by atoms with E-state index in [1.807, 2.05) is 6.07 Å². The Kier molecular flexibility index (Phi) is 2.79. The molecular formula is C11H15BrN2O2. The highest BCUT2D eigenvalue weighted by atomic mass is 79.9. The first-order chi connectivity index (χ1) is 7.79. The van der Waals surface area contributed by atoms with E-state index in [0.29, 0.717) is 18.1 Å². The van der Waals surface area contributed by atoms with Gasteiger partial charge in [-0.2, -0.15) is 0 Å². The second-order valence-electron chi connectivity index (χ2n) is 4.55. The third-order valence-electron chi connectivity index (χ3n) is 3.69. The average Bonchev–Trinajstić information content (AvgIpc) is 2.97. The van der Waals surface area contributed by atoms with Crippen molar-refractivity contribution in [1.29, 1.82) is 0 Å². The standard InChI is InChI=1S/C11H15BrN2O2/c12-8-3-4-15-11(8)10(14-13)7-5-6-1-2-9(7)16-6/h3-4,6-7,9-10,14H,1-2,5,13H2. The zero-order chi connectivity index (χ0) is 11.1. The van der Waals surface area contributed by atoms with Gasteiger partial charge in [0.15, 0.2) is 0 Å². The van der Waals surface area contributed by atoms with Crippen LogP contribution in [0.2, 0.25) is 0 Å². The van der Waals surface area contributed by atoms with Gasteiger partial charge in [-0.3, -0.25) is 5.84 Å². The lowest BCUT2D eigenvalue weighted by Crippen LogP contribution is -2.37. The highest BCUT2D eigenvalue weighted by Gasteiger charge is 2.45. The molecule has 2 aliphatic heterocycles. The summed E-state index contributed by atoms with van der Waals surface area (Å²) in [7, 11) is 0. The molecular weight excluding hydrogens is 272 g/mol. The summed E-state index contributed by atoms with van der Waals surface area (Å²) in [6.07, 6.45) is 5.86. The Morgan fingerprint density at radius 3 is 2.88 bits per heavy atom. The minimum Gasteiger partial charge on any atom is -0.466 e. The van der Waals surface area contributed by atoms with Gasteiger partial charge in [0, 0.05) is 5.92 Å². The first kappa shape index (κ1) is 10.8. The van der Waals surface area contributed by atoms with Crippen LogP contribution in [0.25, 0.3) is 0 Å². The van der Waals surface area contributed by atoms with Crippen LogP contribution in [0.4, 0.5) is 0 Å². The summed E-state index contributed by atoms with van der Waals surface area (Å²) in [6, 6.07) is 1.94. The molecule has 0 saturated carbocycles. The summed E-state index contributed by atoms with van der Waals surface area (Å²) in [6.45, 7) is 0. The van der Waals surface area contributed by atoms with E-state index in [-0.39, 0.29) is 6.04 Å². The summed E-state index contributed by atoms with van der Waals surface area (Å²) >= 11 is 3.48. The first-order valence-corrected chi connectivity index (χ1v) is 6.43. The van der Waals surface area contributed by atoms with Crippen LogP contribution in [-0.2, 0) is 4.74 Å². The lowest BCUT2D eigenvalue weighted by Gasteiger charge is -2.26.